The van der Waals surface area contributed by atoms with E-state index in [1.807, 2.05) is 0 Å². The molecule has 4 nitrogen and oxygen atoms in total. The monoisotopic (exact) mass is 292 g/mol. The van der Waals surface area contributed by atoms with Gasteiger partial charge in [0.25, 0.3) is 0 Å². The first-order chi connectivity index (χ1) is 10.1. The quantitative estimate of drug-likeness (QED) is 0.454. The highest BCUT2D eigenvalue weighted by molar-refractivity contribution is 5.87. The number of carbonyl (C=O) groups excluding carboxylic acids is 1. The second-order valence-electron chi connectivity index (χ2n) is 7.22. The Bertz CT molecular complexity index is 432. The summed E-state index contributed by atoms with van der Waals surface area (Å²) < 4.78 is 17.2. The summed E-state index contributed by atoms with van der Waals surface area (Å²) in [6, 6.07) is 0. The topological polar surface area (TPSA) is 51.4 Å². The Morgan fingerprint density at radius 3 is 1.95 bits per heavy atom. The third-order valence-corrected chi connectivity index (χ3v) is 5.61. The lowest BCUT2D eigenvalue weighted by Gasteiger charge is -2.35. The predicted molar refractivity (Wildman–Crippen MR) is 76.7 cm³/mol. The molecule has 4 heteroatoms. The number of fused-ring (bicyclic) bond motifs is 2. The lowest BCUT2D eigenvalue weighted by molar-refractivity contribution is -0.152. The largest absolute Gasteiger partial charge is 0.458 e. The van der Waals surface area contributed by atoms with Crippen molar-refractivity contribution in [2.45, 2.75) is 76.0 Å². The Balaban J connectivity index is 1.46. The number of carbonyl (C=O) groups is 1. The second kappa shape index (κ2) is 5.10. The molecule has 0 radical (unpaired) electrons. The van der Waals surface area contributed by atoms with Crippen LogP contribution in [0.15, 0.2) is 12.2 Å². The zero-order valence-corrected chi connectivity index (χ0v) is 12.6. The Labute approximate surface area is 125 Å². The van der Waals surface area contributed by atoms with E-state index in [0.717, 1.165) is 38.5 Å². The summed E-state index contributed by atoms with van der Waals surface area (Å²) in [5.41, 5.74) is 0.493. The van der Waals surface area contributed by atoms with Gasteiger partial charge in [-0.2, -0.15) is 0 Å². The van der Waals surface area contributed by atoms with E-state index < -0.39 is 0 Å². The molecule has 6 unspecified atom stereocenters. The number of ether oxygens (including phenoxy) is 3. The van der Waals surface area contributed by atoms with Crippen LogP contribution in [0.4, 0.5) is 0 Å². The van der Waals surface area contributed by atoms with Crippen LogP contribution in [-0.2, 0) is 19.0 Å². The Morgan fingerprint density at radius 1 is 1.00 bits per heavy atom. The van der Waals surface area contributed by atoms with Crippen molar-refractivity contribution in [3.05, 3.63) is 12.2 Å². The predicted octanol–water partition coefficient (Wildman–Crippen LogP) is 2.61. The Morgan fingerprint density at radius 2 is 1.52 bits per heavy atom. The highest BCUT2D eigenvalue weighted by Gasteiger charge is 2.51. The van der Waals surface area contributed by atoms with Gasteiger partial charge in [-0.25, -0.2) is 4.79 Å². The van der Waals surface area contributed by atoms with E-state index in [-0.39, 0.29) is 12.1 Å². The van der Waals surface area contributed by atoms with Gasteiger partial charge in [-0.15, -0.1) is 0 Å². The third-order valence-electron chi connectivity index (χ3n) is 5.61. The van der Waals surface area contributed by atoms with Crippen LogP contribution in [0.3, 0.4) is 0 Å². The molecule has 0 aromatic heterocycles. The fourth-order valence-electron chi connectivity index (χ4n) is 4.27. The van der Waals surface area contributed by atoms with Crippen LogP contribution in [0.1, 0.15) is 45.4 Å². The normalized spacial score (nSPS) is 45.0. The standard InChI is InChI=1S/C17H24O4/c1-9(2)17(18)21-16(10-3-5-12-14(7-10)19-12)11-4-6-13-15(8-11)20-13/h10-16H,1,3-8H2,2H3. The summed E-state index contributed by atoms with van der Waals surface area (Å²) in [5, 5.41) is 0. The smallest absolute Gasteiger partial charge is 0.333 e. The molecular weight excluding hydrogens is 268 g/mol. The van der Waals surface area contributed by atoms with E-state index in [1.165, 1.54) is 0 Å². The molecular formula is C17H24O4. The van der Waals surface area contributed by atoms with Gasteiger partial charge in [-0.1, -0.05) is 6.58 Å². The first kappa shape index (κ1) is 13.8. The van der Waals surface area contributed by atoms with Crippen molar-refractivity contribution in [3.8, 4) is 0 Å². The van der Waals surface area contributed by atoms with Crippen LogP contribution in [0.5, 0.6) is 0 Å². The first-order valence-corrected chi connectivity index (χ1v) is 8.29. The SMILES string of the molecule is C=C(C)C(=O)OC(C1CCC2OC2C1)C1CCC2OC2C1. The third kappa shape index (κ3) is 2.76. The van der Waals surface area contributed by atoms with Gasteiger partial charge in [0.1, 0.15) is 6.10 Å². The fourth-order valence-corrected chi connectivity index (χ4v) is 4.27. The molecule has 21 heavy (non-hydrogen) atoms. The molecule has 0 N–H and O–H groups in total. The van der Waals surface area contributed by atoms with Gasteiger partial charge in [0, 0.05) is 5.57 Å². The van der Waals surface area contributed by atoms with Gasteiger partial charge in [0.2, 0.25) is 0 Å². The summed E-state index contributed by atoms with van der Waals surface area (Å²) in [6.45, 7) is 5.44. The van der Waals surface area contributed by atoms with Gasteiger partial charge in [-0.05, 0) is 57.3 Å². The summed E-state index contributed by atoms with van der Waals surface area (Å²) in [5.74, 6) is 0.646. The van der Waals surface area contributed by atoms with E-state index in [9.17, 15) is 4.79 Å². The zero-order valence-electron chi connectivity index (χ0n) is 12.6. The van der Waals surface area contributed by atoms with E-state index in [0.29, 0.717) is 41.8 Å². The Kier molecular flexibility index (Phi) is 3.34. The highest BCUT2D eigenvalue weighted by atomic mass is 16.6. The summed E-state index contributed by atoms with van der Waals surface area (Å²) in [6.07, 6.45) is 8.38. The lowest BCUT2D eigenvalue weighted by atomic mass is 9.75. The first-order valence-electron chi connectivity index (χ1n) is 8.29. The van der Waals surface area contributed by atoms with Crippen molar-refractivity contribution in [1.29, 1.82) is 0 Å². The molecule has 2 aliphatic heterocycles. The van der Waals surface area contributed by atoms with Gasteiger partial charge >= 0.3 is 5.97 Å². The molecule has 4 rings (SSSR count). The number of rotatable bonds is 4. The number of esters is 1. The number of hydrogen-bond donors (Lipinski definition) is 0. The summed E-state index contributed by atoms with van der Waals surface area (Å²) in [4.78, 5) is 12.0. The molecule has 2 saturated carbocycles. The van der Waals surface area contributed by atoms with Crippen molar-refractivity contribution in [2.75, 3.05) is 0 Å². The molecule has 4 fully saturated rings. The lowest BCUT2D eigenvalue weighted by Crippen LogP contribution is -2.38. The zero-order chi connectivity index (χ0) is 14.6. The van der Waals surface area contributed by atoms with Crippen LogP contribution >= 0.6 is 0 Å². The number of epoxide rings is 2. The molecule has 0 spiro atoms. The molecule has 2 aliphatic carbocycles. The van der Waals surface area contributed by atoms with Gasteiger partial charge in [-0.3, -0.25) is 0 Å². The maximum absolute atomic E-state index is 12.0. The van der Waals surface area contributed by atoms with Crippen molar-refractivity contribution >= 4 is 5.97 Å². The van der Waals surface area contributed by atoms with Crippen LogP contribution in [0.2, 0.25) is 0 Å². The van der Waals surface area contributed by atoms with Crippen molar-refractivity contribution in [2.24, 2.45) is 11.8 Å². The molecule has 0 bridgehead atoms. The average molecular weight is 292 g/mol. The number of hydrogen-bond acceptors (Lipinski definition) is 4. The molecule has 0 aromatic rings. The van der Waals surface area contributed by atoms with Gasteiger partial charge in [0.15, 0.2) is 0 Å². The minimum atomic E-state index is -0.238. The molecule has 6 atom stereocenters. The molecule has 4 aliphatic rings. The van der Waals surface area contributed by atoms with E-state index >= 15 is 0 Å². The Hall–Kier alpha value is -0.870. The van der Waals surface area contributed by atoms with Gasteiger partial charge in [0.05, 0.1) is 24.4 Å². The van der Waals surface area contributed by atoms with Crippen LogP contribution < -0.4 is 0 Å². The molecule has 0 amide bonds. The highest BCUT2D eigenvalue weighted by Crippen LogP contribution is 2.47. The molecule has 2 heterocycles. The van der Waals surface area contributed by atoms with E-state index in [1.54, 1.807) is 6.92 Å². The fraction of sp³-hybridized carbons (Fsp3) is 0.824. The maximum atomic E-state index is 12.0. The average Bonchev–Trinajstić information content (AvgIpc) is 3.35. The second-order valence-corrected chi connectivity index (χ2v) is 7.22. The van der Waals surface area contributed by atoms with E-state index in [2.05, 4.69) is 6.58 Å². The summed E-state index contributed by atoms with van der Waals surface area (Å²) >= 11 is 0. The minimum Gasteiger partial charge on any atom is -0.458 e. The molecule has 116 valence electrons. The van der Waals surface area contributed by atoms with Crippen molar-refractivity contribution in [3.63, 3.8) is 0 Å². The maximum Gasteiger partial charge on any atom is 0.333 e. The van der Waals surface area contributed by atoms with Gasteiger partial charge < -0.3 is 14.2 Å². The van der Waals surface area contributed by atoms with Crippen LogP contribution in [0.25, 0.3) is 0 Å². The molecule has 0 aromatic carbocycles. The minimum absolute atomic E-state index is 0.0181. The van der Waals surface area contributed by atoms with Crippen LogP contribution in [0, 0.1) is 11.8 Å². The van der Waals surface area contributed by atoms with Crippen molar-refractivity contribution in [1.82, 2.24) is 0 Å². The van der Waals surface area contributed by atoms with E-state index in [4.69, 9.17) is 14.2 Å². The van der Waals surface area contributed by atoms with Crippen LogP contribution in [-0.4, -0.2) is 36.5 Å². The molecule has 2 saturated heterocycles. The van der Waals surface area contributed by atoms with Crippen molar-refractivity contribution < 1.29 is 19.0 Å². The summed E-state index contributed by atoms with van der Waals surface area (Å²) in [7, 11) is 0.